The molecule has 0 radical (unpaired) electrons. The number of carbonyl (C=O) groups excluding carboxylic acids is 2. The Hall–Kier alpha value is -2.08. The van der Waals surface area contributed by atoms with E-state index in [-0.39, 0.29) is 24.0 Å². The third-order valence-electron chi connectivity index (χ3n) is 4.36. The van der Waals surface area contributed by atoms with Crippen LogP contribution in [0.3, 0.4) is 0 Å². The van der Waals surface area contributed by atoms with Crippen molar-refractivity contribution in [2.45, 2.75) is 45.7 Å². The van der Waals surface area contributed by atoms with E-state index in [4.69, 9.17) is 5.73 Å². The predicted molar refractivity (Wildman–Crippen MR) is 96.0 cm³/mol. The highest BCUT2D eigenvalue weighted by Crippen LogP contribution is 2.22. The molecule has 0 aliphatic carbocycles. The van der Waals surface area contributed by atoms with Crippen molar-refractivity contribution in [3.63, 3.8) is 0 Å². The predicted octanol–water partition coefficient (Wildman–Crippen LogP) is 2.42. The summed E-state index contributed by atoms with van der Waals surface area (Å²) in [5, 5.41) is 5.52. The molecule has 4 N–H and O–H groups in total. The minimum absolute atomic E-state index is 0.00559. The van der Waals surface area contributed by atoms with E-state index in [0.29, 0.717) is 17.2 Å². The fraction of sp³-hybridized carbons (Fsp3) is 0.556. The molecular formula is C18H28N4O2. The van der Waals surface area contributed by atoms with Crippen molar-refractivity contribution in [1.82, 2.24) is 10.2 Å². The normalized spacial score (nSPS) is 16.8. The van der Waals surface area contributed by atoms with Gasteiger partial charge in [0.15, 0.2) is 0 Å². The fourth-order valence-electron chi connectivity index (χ4n) is 2.97. The second kappa shape index (κ2) is 8.15. The number of rotatable bonds is 4. The first-order valence-electron chi connectivity index (χ1n) is 8.59. The highest BCUT2D eigenvalue weighted by atomic mass is 16.2. The third kappa shape index (κ3) is 4.96. The Kier molecular flexibility index (Phi) is 6.20. The average molecular weight is 332 g/mol. The van der Waals surface area contributed by atoms with E-state index in [9.17, 15) is 9.59 Å². The zero-order valence-corrected chi connectivity index (χ0v) is 14.7. The fourth-order valence-corrected chi connectivity index (χ4v) is 2.97. The van der Waals surface area contributed by atoms with Gasteiger partial charge in [0.25, 0.3) is 5.91 Å². The SMILES string of the molecule is CC(C)NC(=O)Nc1cccc(C(=O)N2CCC(C(C)N)CC2)c1. The van der Waals surface area contributed by atoms with Crippen LogP contribution in [-0.4, -0.2) is 42.0 Å². The second-order valence-electron chi connectivity index (χ2n) is 6.82. The summed E-state index contributed by atoms with van der Waals surface area (Å²) in [6.45, 7) is 7.28. The van der Waals surface area contributed by atoms with Crippen molar-refractivity contribution in [1.29, 1.82) is 0 Å². The molecule has 0 aromatic heterocycles. The minimum Gasteiger partial charge on any atom is -0.339 e. The molecule has 1 aromatic carbocycles. The molecule has 1 fully saturated rings. The molecule has 24 heavy (non-hydrogen) atoms. The van der Waals surface area contributed by atoms with Crippen LogP contribution in [0.5, 0.6) is 0 Å². The molecule has 6 nitrogen and oxygen atoms in total. The molecule has 1 aliphatic rings. The highest BCUT2D eigenvalue weighted by Gasteiger charge is 2.25. The van der Waals surface area contributed by atoms with E-state index in [0.717, 1.165) is 25.9 Å². The van der Waals surface area contributed by atoms with Crippen LogP contribution in [0.15, 0.2) is 24.3 Å². The lowest BCUT2D eigenvalue weighted by Gasteiger charge is -2.33. The summed E-state index contributed by atoms with van der Waals surface area (Å²) in [6.07, 6.45) is 1.89. The van der Waals surface area contributed by atoms with E-state index in [1.54, 1.807) is 24.3 Å². The lowest BCUT2D eigenvalue weighted by Crippen LogP contribution is -2.42. The van der Waals surface area contributed by atoms with Crippen LogP contribution in [0.2, 0.25) is 0 Å². The van der Waals surface area contributed by atoms with Crippen molar-refractivity contribution in [2.24, 2.45) is 11.7 Å². The summed E-state index contributed by atoms with van der Waals surface area (Å²) in [4.78, 5) is 26.3. The van der Waals surface area contributed by atoms with Crippen molar-refractivity contribution < 1.29 is 9.59 Å². The van der Waals surface area contributed by atoms with Crippen LogP contribution in [0.4, 0.5) is 10.5 Å². The third-order valence-corrected chi connectivity index (χ3v) is 4.36. The van der Waals surface area contributed by atoms with Crippen molar-refractivity contribution in [3.05, 3.63) is 29.8 Å². The van der Waals surface area contributed by atoms with Gasteiger partial charge in [-0.3, -0.25) is 4.79 Å². The molecule has 0 saturated carbocycles. The molecule has 1 heterocycles. The van der Waals surface area contributed by atoms with Gasteiger partial charge >= 0.3 is 6.03 Å². The average Bonchev–Trinajstić information content (AvgIpc) is 2.53. The van der Waals surface area contributed by atoms with Gasteiger partial charge in [0, 0.05) is 36.4 Å². The van der Waals surface area contributed by atoms with Gasteiger partial charge in [0.1, 0.15) is 0 Å². The first-order chi connectivity index (χ1) is 11.4. The van der Waals surface area contributed by atoms with Crippen molar-refractivity contribution >= 4 is 17.6 Å². The smallest absolute Gasteiger partial charge is 0.319 e. The van der Waals surface area contributed by atoms with Gasteiger partial charge in [-0.25, -0.2) is 4.79 Å². The number of carbonyl (C=O) groups is 2. The Balaban J connectivity index is 1.98. The van der Waals surface area contributed by atoms with E-state index in [1.807, 2.05) is 25.7 Å². The van der Waals surface area contributed by atoms with Gasteiger partial charge < -0.3 is 21.3 Å². The molecule has 6 heteroatoms. The molecule has 0 spiro atoms. The molecule has 132 valence electrons. The van der Waals surface area contributed by atoms with Gasteiger partial charge in [0.05, 0.1) is 0 Å². The quantitative estimate of drug-likeness (QED) is 0.791. The second-order valence-corrected chi connectivity index (χ2v) is 6.82. The van der Waals surface area contributed by atoms with E-state index in [2.05, 4.69) is 10.6 Å². The van der Waals surface area contributed by atoms with Crippen molar-refractivity contribution in [3.8, 4) is 0 Å². The molecular weight excluding hydrogens is 304 g/mol. The number of anilines is 1. The topological polar surface area (TPSA) is 87.5 Å². The number of benzene rings is 1. The Morgan fingerprint density at radius 2 is 1.88 bits per heavy atom. The number of likely N-dealkylation sites (tertiary alicyclic amines) is 1. The van der Waals surface area contributed by atoms with E-state index >= 15 is 0 Å². The molecule has 2 rings (SSSR count). The monoisotopic (exact) mass is 332 g/mol. The minimum atomic E-state index is -0.271. The van der Waals surface area contributed by atoms with Crippen LogP contribution in [0.25, 0.3) is 0 Å². The molecule has 1 aliphatic heterocycles. The highest BCUT2D eigenvalue weighted by molar-refractivity contribution is 5.97. The summed E-state index contributed by atoms with van der Waals surface area (Å²) < 4.78 is 0. The number of hydrogen-bond donors (Lipinski definition) is 3. The maximum Gasteiger partial charge on any atom is 0.319 e. The van der Waals surface area contributed by atoms with Crippen LogP contribution < -0.4 is 16.4 Å². The number of nitrogens with two attached hydrogens (primary N) is 1. The molecule has 1 saturated heterocycles. The van der Waals surface area contributed by atoms with Gasteiger partial charge in [-0.05, 0) is 57.7 Å². The lowest BCUT2D eigenvalue weighted by atomic mass is 9.90. The van der Waals surface area contributed by atoms with E-state index in [1.165, 1.54) is 0 Å². The number of urea groups is 1. The zero-order valence-electron chi connectivity index (χ0n) is 14.7. The lowest BCUT2D eigenvalue weighted by molar-refractivity contribution is 0.0681. The van der Waals surface area contributed by atoms with Gasteiger partial charge in [-0.2, -0.15) is 0 Å². The standard InChI is InChI=1S/C18H28N4O2/c1-12(2)20-18(24)21-16-6-4-5-15(11-16)17(23)22-9-7-14(8-10-22)13(3)19/h4-6,11-14H,7-10,19H2,1-3H3,(H2,20,21,24). The molecule has 0 bridgehead atoms. The van der Waals surface area contributed by atoms with Crippen LogP contribution in [-0.2, 0) is 0 Å². The Morgan fingerprint density at radius 1 is 1.21 bits per heavy atom. The number of amides is 3. The molecule has 1 aromatic rings. The Morgan fingerprint density at radius 3 is 2.46 bits per heavy atom. The largest absolute Gasteiger partial charge is 0.339 e. The van der Waals surface area contributed by atoms with Gasteiger partial charge in [-0.1, -0.05) is 6.07 Å². The molecule has 1 unspecified atom stereocenters. The summed E-state index contributed by atoms with van der Waals surface area (Å²) in [5.74, 6) is 0.493. The number of hydrogen-bond acceptors (Lipinski definition) is 3. The maximum absolute atomic E-state index is 12.7. The molecule has 3 amide bonds. The van der Waals surface area contributed by atoms with Crippen LogP contribution in [0, 0.1) is 5.92 Å². The Labute approximate surface area is 143 Å². The zero-order chi connectivity index (χ0) is 17.7. The Bertz CT molecular complexity index is 578. The van der Waals surface area contributed by atoms with Gasteiger partial charge in [0.2, 0.25) is 0 Å². The van der Waals surface area contributed by atoms with Crippen molar-refractivity contribution in [2.75, 3.05) is 18.4 Å². The number of piperidine rings is 1. The number of nitrogens with one attached hydrogen (secondary N) is 2. The maximum atomic E-state index is 12.7. The summed E-state index contributed by atoms with van der Waals surface area (Å²) in [5.41, 5.74) is 7.16. The molecule has 1 atom stereocenters. The summed E-state index contributed by atoms with van der Waals surface area (Å²) in [6, 6.07) is 7.03. The number of nitrogens with zero attached hydrogens (tertiary/aromatic N) is 1. The summed E-state index contributed by atoms with van der Waals surface area (Å²) >= 11 is 0. The first-order valence-corrected chi connectivity index (χ1v) is 8.59. The summed E-state index contributed by atoms with van der Waals surface area (Å²) in [7, 11) is 0. The van der Waals surface area contributed by atoms with Crippen LogP contribution >= 0.6 is 0 Å². The first kappa shape index (κ1) is 18.3. The van der Waals surface area contributed by atoms with Crippen LogP contribution in [0.1, 0.15) is 44.0 Å². The van der Waals surface area contributed by atoms with Gasteiger partial charge in [-0.15, -0.1) is 0 Å². The van der Waals surface area contributed by atoms with E-state index < -0.39 is 0 Å².